The molecule has 1 fully saturated rings. The summed E-state index contributed by atoms with van der Waals surface area (Å²) in [7, 11) is 0. The molecule has 0 bridgehead atoms. The van der Waals surface area contributed by atoms with Crippen LogP contribution in [-0.4, -0.2) is 42.5 Å². The molecule has 2 rings (SSSR count). The van der Waals surface area contributed by atoms with Gasteiger partial charge in [0.1, 0.15) is 6.17 Å². The van der Waals surface area contributed by atoms with Crippen molar-refractivity contribution in [3.63, 3.8) is 0 Å². The van der Waals surface area contributed by atoms with Gasteiger partial charge >= 0.3 is 0 Å². The molecule has 1 N–H and O–H groups in total. The normalized spacial score (nSPS) is 18.5. The van der Waals surface area contributed by atoms with Crippen LogP contribution in [0, 0.1) is 10.1 Å². The lowest BCUT2D eigenvalue weighted by Gasteiger charge is -2.28. The first-order valence-corrected chi connectivity index (χ1v) is 5.98. The number of halogens is 1. The molecule has 0 spiro atoms. The molecule has 1 aromatic carbocycles. The van der Waals surface area contributed by atoms with Gasteiger partial charge in [-0.05, 0) is 17.7 Å². The van der Waals surface area contributed by atoms with E-state index in [2.05, 4.69) is 10.2 Å². The minimum absolute atomic E-state index is 0.00637. The Kier molecular flexibility index (Phi) is 4.22. The highest BCUT2D eigenvalue weighted by Crippen LogP contribution is 2.21. The molecule has 1 aliphatic rings. The first-order chi connectivity index (χ1) is 8.66. The lowest BCUT2D eigenvalue weighted by Crippen LogP contribution is -2.44. The van der Waals surface area contributed by atoms with E-state index in [1.165, 1.54) is 24.3 Å². The number of non-ortho nitro benzene ring substituents is 1. The highest BCUT2D eigenvalue weighted by molar-refractivity contribution is 5.33. The number of nitrogens with one attached hydrogen (secondary N) is 1. The molecule has 1 unspecified atom stereocenters. The Balaban J connectivity index is 1.95. The van der Waals surface area contributed by atoms with Gasteiger partial charge in [-0.15, -0.1) is 0 Å². The topological polar surface area (TPSA) is 58.4 Å². The maximum absolute atomic E-state index is 14.0. The summed E-state index contributed by atoms with van der Waals surface area (Å²) < 4.78 is 14.0. The molecule has 0 amide bonds. The van der Waals surface area contributed by atoms with Gasteiger partial charge in [-0.25, -0.2) is 4.39 Å². The third-order valence-electron chi connectivity index (χ3n) is 3.09. The van der Waals surface area contributed by atoms with E-state index >= 15 is 0 Å². The van der Waals surface area contributed by atoms with Crippen molar-refractivity contribution in [1.82, 2.24) is 10.2 Å². The van der Waals surface area contributed by atoms with Crippen LogP contribution in [0.2, 0.25) is 0 Å². The van der Waals surface area contributed by atoms with Crippen LogP contribution in [0.25, 0.3) is 0 Å². The van der Waals surface area contributed by atoms with Crippen LogP contribution >= 0.6 is 0 Å². The van der Waals surface area contributed by atoms with Gasteiger partial charge in [0.2, 0.25) is 0 Å². The Hall–Kier alpha value is -1.53. The Morgan fingerprint density at radius 1 is 1.33 bits per heavy atom. The Morgan fingerprint density at radius 2 is 1.94 bits per heavy atom. The third-order valence-corrected chi connectivity index (χ3v) is 3.09. The average molecular weight is 253 g/mol. The van der Waals surface area contributed by atoms with Crippen LogP contribution in [-0.2, 0) is 0 Å². The van der Waals surface area contributed by atoms with Crippen molar-refractivity contribution in [2.75, 3.05) is 32.7 Å². The molecule has 0 aromatic heterocycles. The summed E-state index contributed by atoms with van der Waals surface area (Å²) in [5, 5.41) is 13.7. The molecule has 0 saturated carbocycles. The van der Waals surface area contributed by atoms with Crippen LogP contribution in [0.4, 0.5) is 10.1 Å². The fraction of sp³-hybridized carbons (Fsp3) is 0.500. The van der Waals surface area contributed by atoms with Crippen molar-refractivity contribution >= 4 is 5.69 Å². The van der Waals surface area contributed by atoms with E-state index in [0.29, 0.717) is 12.1 Å². The van der Waals surface area contributed by atoms with E-state index in [9.17, 15) is 14.5 Å². The second-order valence-corrected chi connectivity index (χ2v) is 4.37. The molecule has 0 radical (unpaired) electrons. The van der Waals surface area contributed by atoms with E-state index in [1.807, 2.05) is 0 Å². The second kappa shape index (κ2) is 5.88. The predicted octanol–water partition coefficient (Wildman–Crippen LogP) is 1.51. The maximum Gasteiger partial charge on any atom is 0.269 e. The van der Waals surface area contributed by atoms with Crippen molar-refractivity contribution in [3.8, 4) is 0 Å². The van der Waals surface area contributed by atoms with Crippen molar-refractivity contribution in [3.05, 3.63) is 39.9 Å². The van der Waals surface area contributed by atoms with Crippen LogP contribution in [0.1, 0.15) is 11.7 Å². The van der Waals surface area contributed by atoms with Gasteiger partial charge in [0.15, 0.2) is 0 Å². The Labute approximate surface area is 105 Å². The summed E-state index contributed by atoms with van der Waals surface area (Å²) in [6, 6.07) is 5.68. The summed E-state index contributed by atoms with van der Waals surface area (Å²) in [6.45, 7) is 3.79. The molecular weight excluding hydrogens is 237 g/mol. The molecule has 1 aromatic rings. The summed E-state index contributed by atoms with van der Waals surface area (Å²) in [5.74, 6) is 0. The van der Waals surface area contributed by atoms with Crippen LogP contribution in [0.5, 0.6) is 0 Å². The number of hydrogen-bond donors (Lipinski definition) is 1. The van der Waals surface area contributed by atoms with E-state index < -0.39 is 11.1 Å². The first-order valence-electron chi connectivity index (χ1n) is 5.98. The minimum Gasteiger partial charge on any atom is -0.314 e. The van der Waals surface area contributed by atoms with Crippen molar-refractivity contribution in [2.24, 2.45) is 0 Å². The predicted molar refractivity (Wildman–Crippen MR) is 66.3 cm³/mol. The van der Waals surface area contributed by atoms with Gasteiger partial charge in [0.25, 0.3) is 5.69 Å². The molecule has 1 heterocycles. The largest absolute Gasteiger partial charge is 0.314 e. The second-order valence-electron chi connectivity index (χ2n) is 4.37. The van der Waals surface area contributed by atoms with Gasteiger partial charge in [-0.1, -0.05) is 0 Å². The van der Waals surface area contributed by atoms with E-state index in [-0.39, 0.29) is 5.69 Å². The number of rotatable bonds is 4. The van der Waals surface area contributed by atoms with Gasteiger partial charge in [0, 0.05) is 44.9 Å². The smallest absolute Gasteiger partial charge is 0.269 e. The Bertz CT molecular complexity index is 404. The lowest BCUT2D eigenvalue weighted by atomic mass is 10.1. The highest BCUT2D eigenvalue weighted by Gasteiger charge is 2.17. The molecule has 0 aliphatic carbocycles. The number of hydrogen-bond acceptors (Lipinski definition) is 4. The summed E-state index contributed by atoms with van der Waals surface area (Å²) in [5.41, 5.74) is 0.493. The molecule has 6 heteroatoms. The first kappa shape index (κ1) is 12.9. The maximum atomic E-state index is 14.0. The quantitative estimate of drug-likeness (QED) is 0.652. The van der Waals surface area contributed by atoms with Gasteiger partial charge in [-0.3, -0.25) is 15.0 Å². The van der Waals surface area contributed by atoms with Crippen LogP contribution in [0.3, 0.4) is 0 Å². The van der Waals surface area contributed by atoms with Gasteiger partial charge < -0.3 is 5.32 Å². The number of alkyl halides is 1. The summed E-state index contributed by atoms with van der Waals surface area (Å²) >= 11 is 0. The third kappa shape index (κ3) is 3.24. The number of nitro groups is 1. The lowest BCUT2D eigenvalue weighted by molar-refractivity contribution is -0.384. The summed E-state index contributed by atoms with van der Waals surface area (Å²) in [4.78, 5) is 12.1. The van der Waals surface area contributed by atoms with Crippen molar-refractivity contribution in [1.29, 1.82) is 0 Å². The molecule has 98 valence electrons. The van der Waals surface area contributed by atoms with Crippen LogP contribution < -0.4 is 5.32 Å². The van der Waals surface area contributed by atoms with Gasteiger partial charge in [0.05, 0.1) is 4.92 Å². The molecular formula is C12H16FN3O2. The fourth-order valence-electron chi connectivity index (χ4n) is 2.03. The standard InChI is InChI=1S/C12H16FN3O2/c13-12(9-15-7-5-14-6-8-15)10-1-3-11(4-2-10)16(17)18/h1-4,12,14H,5-9H2. The average Bonchev–Trinajstić information content (AvgIpc) is 2.40. The molecule has 1 saturated heterocycles. The minimum atomic E-state index is -1.09. The number of nitrogens with zero attached hydrogens (tertiary/aromatic N) is 2. The van der Waals surface area contributed by atoms with E-state index in [0.717, 1.165) is 26.2 Å². The van der Waals surface area contributed by atoms with Crippen molar-refractivity contribution < 1.29 is 9.31 Å². The molecule has 1 atom stereocenters. The fourth-order valence-corrected chi connectivity index (χ4v) is 2.03. The number of piperazine rings is 1. The number of nitro benzene ring substituents is 1. The Morgan fingerprint density at radius 3 is 2.50 bits per heavy atom. The van der Waals surface area contributed by atoms with Crippen molar-refractivity contribution in [2.45, 2.75) is 6.17 Å². The van der Waals surface area contributed by atoms with E-state index in [4.69, 9.17) is 0 Å². The molecule has 5 nitrogen and oxygen atoms in total. The highest BCUT2D eigenvalue weighted by atomic mass is 19.1. The zero-order valence-corrected chi connectivity index (χ0v) is 10.0. The molecule has 18 heavy (non-hydrogen) atoms. The zero-order chi connectivity index (χ0) is 13.0. The zero-order valence-electron chi connectivity index (χ0n) is 10.0. The van der Waals surface area contributed by atoms with Crippen LogP contribution in [0.15, 0.2) is 24.3 Å². The monoisotopic (exact) mass is 253 g/mol. The molecule has 1 aliphatic heterocycles. The number of benzene rings is 1. The summed E-state index contributed by atoms with van der Waals surface area (Å²) in [6.07, 6.45) is -1.09. The SMILES string of the molecule is O=[N+]([O-])c1ccc(C(F)CN2CCNCC2)cc1. The van der Waals surface area contributed by atoms with Gasteiger partial charge in [-0.2, -0.15) is 0 Å². The van der Waals surface area contributed by atoms with E-state index in [1.54, 1.807) is 0 Å².